The quantitative estimate of drug-likeness (QED) is 0.0111. The standard InChI is InChI=1S/C19H16N2O4.C18H13ClN2O3.C18H15N3O3.C18H14N2O4.C13H12N2O5.C8H9Br.CH4.Cl3OP.HI.Li/c1-11-5-7-12(8-6-11)10-14-17-15(18(22)25-14)16(13-4-3-9-24-13)20-19(21-17)23-2;2*1-10-4-6-11(7-5-10)9-13-16-14(17(22)24-13)15(20-18(19)21-16)12-3-2-8-23-12;1-10-4-6-11(7-5-10)9-13-16-14(17(21)24-13)15(19-18(22)20-16)12-3-2-8-23-12;1-3-19-12(17)10-8(7-16)14-13(18-2)15-11(10)9-5-4-6-20-9;1-7-2-4-8(6-9)5-3-7;;1-5(2,3)4;;/h3-9,14H,10H2,1-2H3;2-8,13H,9H2,1H3;2-8,13H,9H2,1H3,(H2,19,20,21);2-8,13H,9H2,1H3,(H,19,20,22);4-7H,3H2,1-2H3;2-5H,6H2,1H3;1H4;;1H;/q;;;;;;;;;+1/p-1. The van der Waals surface area contributed by atoms with Gasteiger partial charge in [0.2, 0.25) is 11.2 Å². The second-order valence-electron chi connectivity index (χ2n) is 29.2. The summed E-state index contributed by atoms with van der Waals surface area (Å²) in [5.41, 5.74) is 21.4. The minimum absolute atomic E-state index is 0. The number of nitrogens with zero attached hydrogens (tertiary/aromatic N) is 9. The summed E-state index contributed by atoms with van der Waals surface area (Å²) in [5.74, 6) is -0.364. The molecule has 0 saturated heterocycles. The molecule has 3 N–H and O–H groups in total. The van der Waals surface area contributed by atoms with Crippen LogP contribution in [0.25, 0.3) is 57.3 Å². The third kappa shape index (κ3) is 26.4. The molecule has 14 heterocycles. The third-order valence-electron chi connectivity index (χ3n) is 19.9. The molecule has 0 amide bonds. The number of methoxy groups -OCH3 is 2. The Bertz CT molecular complexity index is 6510. The number of ether oxygens (including phenoxy) is 7. The fourth-order valence-electron chi connectivity index (χ4n) is 13.7. The van der Waals surface area contributed by atoms with Crippen molar-refractivity contribution in [1.29, 1.82) is 0 Å². The van der Waals surface area contributed by atoms with Crippen molar-refractivity contribution in [3.05, 3.63) is 341 Å². The summed E-state index contributed by atoms with van der Waals surface area (Å²) in [6, 6.07) is 57.8. The van der Waals surface area contributed by atoms with E-state index < -0.39 is 65.2 Å². The summed E-state index contributed by atoms with van der Waals surface area (Å²) in [6.07, 6.45) is 8.02. The van der Waals surface area contributed by atoms with Crippen LogP contribution in [0.5, 0.6) is 12.0 Å². The molecule has 31 nitrogen and oxygen atoms in total. The number of H-pyrrole nitrogens is 1. The van der Waals surface area contributed by atoms with Gasteiger partial charge in [-0.1, -0.05) is 173 Å². The first-order chi connectivity index (χ1) is 63.0. The van der Waals surface area contributed by atoms with Gasteiger partial charge in [0.15, 0.2) is 35.1 Å². The van der Waals surface area contributed by atoms with Gasteiger partial charge in [-0.05, 0) is 175 Å². The smallest absolute Gasteiger partial charge is 1.00 e. The number of benzene rings is 5. The maximum Gasteiger partial charge on any atom is 1.00 e. The number of carbonyl (C=O) groups is 6. The Morgan fingerprint density at radius 3 is 1.12 bits per heavy atom. The normalized spacial score (nSPS) is 14.2. The van der Waals surface area contributed by atoms with Gasteiger partial charge in [-0.2, -0.15) is 24.9 Å². The number of hydrogen-bond acceptors (Lipinski definition) is 30. The number of esters is 5. The molecule has 4 unspecified atom stereocenters. The van der Waals surface area contributed by atoms with Gasteiger partial charge in [0, 0.05) is 31.0 Å². The predicted molar refractivity (Wildman–Crippen MR) is 493 cm³/mol. The molecule has 4 aliphatic rings. The van der Waals surface area contributed by atoms with Crippen LogP contribution in [-0.4, -0.2) is 107 Å². The first-order valence-corrected chi connectivity index (χ1v) is 46.0. The Balaban J connectivity index is 0.000000166. The number of aromatic nitrogens is 10. The number of aryl methyl sites for hydroxylation is 5. The van der Waals surface area contributed by atoms with Crippen molar-refractivity contribution in [3.63, 3.8) is 0 Å². The van der Waals surface area contributed by atoms with E-state index in [9.17, 15) is 38.1 Å². The van der Waals surface area contributed by atoms with Crippen molar-refractivity contribution in [3.8, 4) is 69.3 Å². The van der Waals surface area contributed by atoms with Crippen molar-refractivity contribution >= 4 is 109 Å². The Labute approximate surface area is 824 Å². The number of fused-ring (bicyclic) bond motifs is 4. The van der Waals surface area contributed by atoms with Crippen molar-refractivity contribution in [2.75, 3.05) is 26.6 Å². The van der Waals surface area contributed by atoms with Crippen LogP contribution in [0.3, 0.4) is 0 Å². The fraction of sp³-hybridized carbons (Fsp3) is 0.200. The number of nitrogen functional groups attached to an aromatic ring is 1. The van der Waals surface area contributed by atoms with Crippen LogP contribution < -0.4 is 63.7 Å². The Hall–Kier alpha value is -12.7. The number of furan rings is 5. The van der Waals surface area contributed by atoms with Crippen molar-refractivity contribution in [2.24, 2.45) is 0 Å². The summed E-state index contributed by atoms with van der Waals surface area (Å²) in [6.45, 7) is 12.0. The summed E-state index contributed by atoms with van der Waals surface area (Å²) >= 11 is 23.3. The molecular weight excluding hydrogens is 2000 g/mol. The minimum Gasteiger partial charge on any atom is -1.00 e. The van der Waals surface area contributed by atoms with Gasteiger partial charge >= 0.3 is 71.6 Å². The molecule has 10 aromatic heterocycles. The van der Waals surface area contributed by atoms with Crippen molar-refractivity contribution in [1.82, 2.24) is 49.8 Å². The first-order valence-electron chi connectivity index (χ1n) is 40.0. The number of alkyl halides is 1. The van der Waals surface area contributed by atoms with E-state index in [1.165, 1.54) is 73.4 Å². The van der Waals surface area contributed by atoms with Crippen LogP contribution in [-0.2, 0) is 59.3 Å². The average molecular weight is 2090 g/mol. The topological polar surface area (TPSA) is 425 Å². The number of nitrogens with one attached hydrogen (secondary N) is 1. The number of carbonyl (C=O) groups excluding carboxylic acids is 6. The number of halogens is 6. The average Bonchev–Trinajstić information content (AvgIpc) is 1.61. The molecule has 15 aromatic rings. The van der Waals surface area contributed by atoms with Gasteiger partial charge in [0.1, 0.15) is 103 Å². The first kappa shape index (κ1) is 103. The molecule has 19 rings (SSSR count). The van der Waals surface area contributed by atoms with Crippen LogP contribution in [0.15, 0.2) is 240 Å². The molecule has 0 spiro atoms. The summed E-state index contributed by atoms with van der Waals surface area (Å²) in [7, 11) is 2.85. The molecule has 0 bridgehead atoms. The van der Waals surface area contributed by atoms with E-state index in [4.69, 9.17) is 72.6 Å². The second kappa shape index (κ2) is 47.8. The molecule has 4 aliphatic heterocycles. The molecule has 39 heteroatoms. The zero-order valence-electron chi connectivity index (χ0n) is 72.3. The number of aromatic amines is 1. The van der Waals surface area contributed by atoms with Gasteiger partial charge in [0.05, 0.1) is 57.8 Å². The number of hydrogen-bond donors (Lipinski definition) is 2. The number of nitrogens with two attached hydrogens (primary N) is 1. The number of anilines is 1. The summed E-state index contributed by atoms with van der Waals surface area (Å²) in [5, 5.41) is -2.21. The molecule has 0 aliphatic carbocycles. The third-order valence-corrected chi connectivity index (χ3v) is 20.7. The number of cyclic esters (lactones) is 4. The zero-order valence-corrected chi connectivity index (χ0v) is 80.0. The molecule has 686 valence electrons. The van der Waals surface area contributed by atoms with Gasteiger partial charge in [-0.3, -0.25) is 9.36 Å². The van der Waals surface area contributed by atoms with Gasteiger partial charge < -0.3 is 89.9 Å². The van der Waals surface area contributed by atoms with E-state index in [0.29, 0.717) is 117 Å². The molecule has 0 radical (unpaired) electrons. The van der Waals surface area contributed by atoms with E-state index in [2.05, 4.69) is 131 Å². The molecule has 5 aromatic carbocycles. The van der Waals surface area contributed by atoms with E-state index in [1.54, 1.807) is 67.6 Å². The van der Waals surface area contributed by atoms with Crippen LogP contribution in [0.1, 0.15) is 179 Å². The van der Waals surface area contributed by atoms with Gasteiger partial charge in [-0.15, -0.1) is 0 Å². The zero-order chi connectivity index (χ0) is 93.2. The van der Waals surface area contributed by atoms with E-state index in [-0.39, 0.29) is 108 Å². The van der Waals surface area contributed by atoms with Crippen molar-refractivity contribution in [2.45, 2.75) is 104 Å². The SMILES string of the molecule is C.CCOC(=O)c1c(C=O)nc(OC)nc1-c1ccco1.COc1nc(-c2ccco2)c2c(n1)C(Cc1ccc(C)cc1)OC2=O.Cc1ccc(CBr)cc1.Cc1ccc(CC2OC(=O)c3c(-c4ccco4)nc(=O)[nH]c32)cc1.Cc1ccc(CC2OC(=O)c3c(-c4ccco4)nc(Cl)nc32)cc1.Cc1ccc(CC2OC(=O)c3c(-c4ccco4)nc(N)nc32)cc1.O=P(Cl)(Cl)Cl.[I-].[Li+]. The Morgan fingerprint density at radius 2 is 0.761 bits per heavy atom. The maximum absolute atomic E-state index is 12.5. The largest absolute Gasteiger partial charge is 1.00 e. The molecular formula is C95H83BrCl4ILiN11O20P. The summed E-state index contributed by atoms with van der Waals surface area (Å²) < 4.78 is 73.3. The maximum atomic E-state index is 12.5. The predicted octanol–water partition coefficient (Wildman–Crippen LogP) is 15.6. The van der Waals surface area contributed by atoms with E-state index in [0.717, 1.165) is 33.1 Å². The van der Waals surface area contributed by atoms with Crippen LogP contribution in [0.4, 0.5) is 5.95 Å². The van der Waals surface area contributed by atoms with Crippen LogP contribution in [0.2, 0.25) is 5.28 Å². The Kier molecular flexibility index (Phi) is 36.9. The number of rotatable bonds is 19. The van der Waals surface area contributed by atoms with E-state index >= 15 is 0 Å². The van der Waals surface area contributed by atoms with Crippen LogP contribution in [0, 0.1) is 34.6 Å². The van der Waals surface area contributed by atoms with E-state index in [1.807, 2.05) is 125 Å². The van der Waals surface area contributed by atoms with Crippen molar-refractivity contribution < 1.29 is 131 Å². The monoisotopic (exact) mass is 2080 g/mol. The van der Waals surface area contributed by atoms with Gasteiger partial charge in [0.25, 0.3) is 0 Å². The minimum atomic E-state index is -3.22. The molecule has 4 atom stereocenters. The molecule has 0 saturated carbocycles. The summed E-state index contributed by atoms with van der Waals surface area (Å²) in [4.78, 5) is 124. The van der Waals surface area contributed by atoms with Gasteiger partial charge in [-0.25, -0.2) is 48.7 Å². The fourth-order valence-corrected chi connectivity index (χ4v) is 14.2. The number of aldehydes is 1. The Morgan fingerprint density at radius 1 is 0.448 bits per heavy atom. The molecule has 134 heavy (non-hydrogen) atoms. The van der Waals surface area contributed by atoms with Crippen LogP contribution >= 0.6 is 66.5 Å². The second-order valence-corrected chi connectivity index (χ2v) is 36.7. The molecule has 0 fully saturated rings.